The van der Waals surface area contributed by atoms with Gasteiger partial charge in [0.1, 0.15) is 0 Å². The highest BCUT2D eigenvalue weighted by molar-refractivity contribution is 5.76. The molecule has 1 amide bonds. The van der Waals surface area contributed by atoms with Gasteiger partial charge in [-0.15, -0.1) is 0 Å². The lowest BCUT2D eigenvalue weighted by Crippen LogP contribution is -2.45. The van der Waals surface area contributed by atoms with Crippen LogP contribution in [-0.4, -0.2) is 34.9 Å². The molecule has 0 saturated heterocycles. The summed E-state index contributed by atoms with van der Waals surface area (Å²) in [5.74, 6) is -0.0598. The number of carbonyl (C=O) groups is 1. The zero-order valence-electron chi connectivity index (χ0n) is 40.0. The van der Waals surface area contributed by atoms with Gasteiger partial charge in [0.15, 0.2) is 0 Å². The Hall–Kier alpha value is -1.39. The van der Waals surface area contributed by atoms with E-state index in [0.29, 0.717) is 6.42 Å². The van der Waals surface area contributed by atoms with E-state index in [-0.39, 0.29) is 12.5 Å². The van der Waals surface area contributed by atoms with Crippen molar-refractivity contribution in [1.29, 1.82) is 0 Å². The smallest absolute Gasteiger partial charge is 0.220 e. The molecule has 0 rings (SSSR count). The van der Waals surface area contributed by atoms with Crippen LogP contribution in [0, 0.1) is 0 Å². The summed E-state index contributed by atoms with van der Waals surface area (Å²) in [6, 6.07) is -0.620. The number of allylic oxidation sites excluding steroid dienone is 5. The van der Waals surface area contributed by atoms with Crippen molar-refractivity contribution in [3.8, 4) is 0 Å². The number of hydrogen-bond acceptors (Lipinski definition) is 3. The van der Waals surface area contributed by atoms with Gasteiger partial charge in [-0.1, -0.05) is 269 Å². The van der Waals surface area contributed by atoms with Crippen LogP contribution >= 0.6 is 0 Å². The first-order valence-electron chi connectivity index (χ1n) is 26.7. The molecule has 0 saturated carbocycles. The lowest BCUT2D eigenvalue weighted by Gasteiger charge is -2.20. The van der Waals surface area contributed by atoms with E-state index >= 15 is 0 Å². The lowest BCUT2D eigenvalue weighted by molar-refractivity contribution is -0.123. The summed E-state index contributed by atoms with van der Waals surface area (Å²) in [6.07, 6.45) is 68.6. The predicted molar refractivity (Wildman–Crippen MR) is 262 cm³/mol. The first-order valence-corrected chi connectivity index (χ1v) is 26.7. The number of aliphatic hydroxyl groups is 2. The fourth-order valence-electron chi connectivity index (χ4n) is 8.27. The van der Waals surface area contributed by atoms with Crippen LogP contribution in [0.4, 0.5) is 0 Å². The molecule has 0 aromatic heterocycles. The highest BCUT2D eigenvalue weighted by atomic mass is 16.3. The molecule has 0 aromatic carbocycles. The number of unbranched alkanes of at least 4 members (excludes halogenated alkanes) is 38. The molecule has 2 unspecified atom stereocenters. The van der Waals surface area contributed by atoms with E-state index < -0.39 is 12.1 Å². The summed E-state index contributed by atoms with van der Waals surface area (Å²) in [6.45, 7) is 4.32. The molecule has 0 aromatic rings. The average molecular weight is 828 g/mol. The summed E-state index contributed by atoms with van der Waals surface area (Å²) in [5.41, 5.74) is 0. The number of rotatable bonds is 49. The molecule has 0 fully saturated rings. The highest BCUT2D eigenvalue weighted by Crippen LogP contribution is 2.17. The van der Waals surface area contributed by atoms with Crippen LogP contribution in [0.1, 0.15) is 290 Å². The minimum Gasteiger partial charge on any atom is -0.394 e. The Balaban J connectivity index is 3.45. The topological polar surface area (TPSA) is 69.6 Å². The molecule has 0 aliphatic heterocycles. The lowest BCUT2D eigenvalue weighted by atomic mass is 10.0. The maximum atomic E-state index is 12.4. The van der Waals surface area contributed by atoms with E-state index in [1.54, 1.807) is 6.08 Å². The third-order valence-corrected chi connectivity index (χ3v) is 12.4. The fourth-order valence-corrected chi connectivity index (χ4v) is 8.27. The predicted octanol–water partition coefficient (Wildman–Crippen LogP) is 17.3. The van der Waals surface area contributed by atoms with E-state index in [9.17, 15) is 15.0 Å². The quantitative estimate of drug-likeness (QED) is 0.0423. The molecule has 0 radical (unpaired) electrons. The number of carbonyl (C=O) groups excluding carboxylic acids is 1. The number of amides is 1. The standard InChI is InChI=1S/C55H105NO3/c1-3-5-7-9-11-13-15-17-19-21-22-23-24-25-26-27-28-29-30-31-32-33-34-35-37-39-41-43-45-47-49-51-55(59)56-53(52-57)54(58)50-48-46-44-42-40-38-36-20-18-16-14-12-10-8-6-4-2/h15,17,21-22,48,50,53-54,57-58H,3-14,16,18-20,23-47,49,51-52H2,1-2H3,(H,56,59)/b17-15-,22-21-,50-48+. The van der Waals surface area contributed by atoms with Crippen molar-refractivity contribution >= 4 is 5.91 Å². The largest absolute Gasteiger partial charge is 0.394 e. The minimum absolute atomic E-state index is 0.0598. The van der Waals surface area contributed by atoms with Gasteiger partial charge in [-0.2, -0.15) is 0 Å². The van der Waals surface area contributed by atoms with E-state index in [0.717, 1.165) is 32.1 Å². The summed E-state index contributed by atoms with van der Waals surface area (Å²) in [5, 5.41) is 23.1. The van der Waals surface area contributed by atoms with Crippen LogP contribution in [-0.2, 0) is 4.79 Å². The molecule has 4 nitrogen and oxygen atoms in total. The Morgan fingerprint density at radius 2 is 0.695 bits per heavy atom. The van der Waals surface area contributed by atoms with Crippen molar-refractivity contribution < 1.29 is 15.0 Å². The first-order chi connectivity index (χ1) is 29.2. The fraction of sp³-hybridized carbons (Fsp3) is 0.873. The second kappa shape index (κ2) is 51.0. The van der Waals surface area contributed by atoms with Gasteiger partial charge in [0, 0.05) is 6.42 Å². The van der Waals surface area contributed by atoms with Gasteiger partial charge in [-0.05, 0) is 51.4 Å². The maximum Gasteiger partial charge on any atom is 0.220 e. The second-order valence-electron chi connectivity index (χ2n) is 18.3. The van der Waals surface area contributed by atoms with Gasteiger partial charge in [-0.25, -0.2) is 0 Å². The molecule has 59 heavy (non-hydrogen) atoms. The van der Waals surface area contributed by atoms with Crippen LogP contribution in [0.3, 0.4) is 0 Å². The zero-order valence-corrected chi connectivity index (χ0v) is 40.0. The van der Waals surface area contributed by atoms with Crippen LogP contribution in [0.5, 0.6) is 0 Å². The van der Waals surface area contributed by atoms with Crippen molar-refractivity contribution in [1.82, 2.24) is 5.32 Å². The van der Waals surface area contributed by atoms with Crippen LogP contribution < -0.4 is 5.32 Å². The SMILES string of the molecule is CCCCCCC/C=C\C/C=C\CCCCCCCCCCCCCCCCCCCCCC(=O)NC(CO)C(O)/C=C/CCCCCCCCCCCCCCCC. The molecular formula is C55H105NO3. The van der Waals surface area contributed by atoms with Crippen molar-refractivity contribution in [2.24, 2.45) is 0 Å². The molecule has 0 aliphatic carbocycles. The molecule has 4 heteroatoms. The Kier molecular flexibility index (Phi) is 49.8. The third kappa shape index (κ3) is 47.5. The second-order valence-corrected chi connectivity index (χ2v) is 18.3. The van der Waals surface area contributed by atoms with Gasteiger partial charge >= 0.3 is 0 Å². The molecule has 3 N–H and O–H groups in total. The highest BCUT2D eigenvalue weighted by Gasteiger charge is 2.18. The number of nitrogens with one attached hydrogen (secondary N) is 1. The van der Waals surface area contributed by atoms with Crippen molar-refractivity contribution in [2.75, 3.05) is 6.61 Å². The van der Waals surface area contributed by atoms with Crippen LogP contribution in [0.15, 0.2) is 36.5 Å². The third-order valence-electron chi connectivity index (χ3n) is 12.4. The Bertz CT molecular complexity index is 897. The molecule has 0 heterocycles. The van der Waals surface area contributed by atoms with Crippen LogP contribution in [0.2, 0.25) is 0 Å². The zero-order chi connectivity index (χ0) is 42.8. The van der Waals surface area contributed by atoms with E-state index in [1.807, 2.05) is 6.08 Å². The van der Waals surface area contributed by atoms with Gasteiger partial charge < -0.3 is 15.5 Å². The van der Waals surface area contributed by atoms with E-state index in [4.69, 9.17) is 0 Å². The number of hydrogen-bond donors (Lipinski definition) is 3. The van der Waals surface area contributed by atoms with Gasteiger partial charge in [0.25, 0.3) is 0 Å². The van der Waals surface area contributed by atoms with Crippen LogP contribution in [0.25, 0.3) is 0 Å². The van der Waals surface area contributed by atoms with Crippen molar-refractivity contribution in [3.63, 3.8) is 0 Å². The molecule has 2 atom stereocenters. The normalized spacial score (nSPS) is 13.1. The van der Waals surface area contributed by atoms with E-state index in [1.165, 1.54) is 238 Å². The van der Waals surface area contributed by atoms with E-state index in [2.05, 4.69) is 43.5 Å². The van der Waals surface area contributed by atoms with Crippen molar-refractivity contribution in [3.05, 3.63) is 36.5 Å². The molecule has 0 spiro atoms. The summed E-state index contributed by atoms with van der Waals surface area (Å²) in [4.78, 5) is 12.4. The van der Waals surface area contributed by atoms with Gasteiger partial charge in [0.2, 0.25) is 5.91 Å². The minimum atomic E-state index is -0.837. The monoisotopic (exact) mass is 828 g/mol. The Morgan fingerprint density at radius 3 is 1.02 bits per heavy atom. The summed E-state index contributed by atoms with van der Waals surface area (Å²) < 4.78 is 0. The number of aliphatic hydroxyl groups excluding tert-OH is 2. The first kappa shape index (κ1) is 57.6. The summed E-state index contributed by atoms with van der Waals surface area (Å²) in [7, 11) is 0. The van der Waals surface area contributed by atoms with Gasteiger partial charge in [0.05, 0.1) is 18.8 Å². The molecule has 348 valence electrons. The van der Waals surface area contributed by atoms with Gasteiger partial charge in [-0.3, -0.25) is 4.79 Å². The molecular weight excluding hydrogens is 723 g/mol. The molecule has 0 aliphatic rings. The molecule has 0 bridgehead atoms. The summed E-state index contributed by atoms with van der Waals surface area (Å²) >= 11 is 0. The van der Waals surface area contributed by atoms with Crippen molar-refractivity contribution in [2.45, 2.75) is 302 Å². The maximum absolute atomic E-state index is 12.4. The Morgan fingerprint density at radius 1 is 0.407 bits per heavy atom. The Labute approximate surface area is 370 Å². The average Bonchev–Trinajstić information content (AvgIpc) is 3.24.